The van der Waals surface area contributed by atoms with E-state index >= 15 is 0 Å². The molecule has 1 saturated heterocycles. The molecule has 1 aliphatic rings. The Morgan fingerprint density at radius 1 is 1.06 bits per heavy atom. The topological polar surface area (TPSA) is 99.3 Å². The Balaban J connectivity index is 1.83. The van der Waals surface area contributed by atoms with Crippen LogP contribution < -0.4 is 0 Å². The molecule has 0 bridgehead atoms. The van der Waals surface area contributed by atoms with E-state index in [2.05, 4.69) is 6.07 Å². The highest BCUT2D eigenvalue weighted by Crippen LogP contribution is 2.28. The van der Waals surface area contributed by atoms with Gasteiger partial charge < -0.3 is 4.90 Å². The zero-order chi connectivity index (χ0) is 25.0. The highest BCUT2D eigenvalue weighted by molar-refractivity contribution is 7.89. The van der Waals surface area contributed by atoms with Crippen LogP contribution in [0.3, 0.4) is 0 Å². The lowest BCUT2D eigenvalue weighted by Gasteiger charge is -2.26. The van der Waals surface area contributed by atoms with Crippen molar-refractivity contribution in [2.75, 3.05) is 27.2 Å². The fraction of sp³-hybridized carbons (Fsp3) is 0.269. The Bertz CT molecular complexity index is 1400. The van der Waals surface area contributed by atoms with Crippen molar-refractivity contribution in [3.05, 3.63) is 71.9 Å². The molecule has 2 aromatic carbocycles. The number of sulfonamides is 1. The normalized spacial score (nSPS) is 14.7. The second-order valence-corrected chi connectivity index (χ2v) is 10.7. The lowest BCUT2D eigenvalue weighted by atomic mass is 10.0. The number of nitriles is 1. The van der Waals surface area contributed by atoms with Crippen molar-refractivity contribution < 1.29 is 13.2 Å². The molecule has 4 rings (SSSR count). The van der Waals surface area contributed by atoms with Gasteiger partial charge >= 0.3 is 0 Å². The van der Waals surface area contributed by atoms with Gasteiger partial charge in [0.15, 0.2) is 0 Å². The van der Waals surface area contributed by atoms with Crippen LogP contribution in [-0.4, -0.2) is 60.5 Å². The van der Waals surface area contributed by atoms with Crippen LogP contribution in [0.25, 0.3) is 23.0 Å². The minimum atomic E-state index is -3.65. The van der Waals surface area contributed by atoms with E-state index in [1.54, 1.807) is 40.1 Å². The first-order valence-electron chi connectivity index (χ1n) is 11.4. The summed E-state index contributed by atoms with van der Waals surface area (Å²) in [5.41, 5.74) is 2.42. The van der Waals surface area contributed by atoms with Gasteiger partial charge in [-0.25, -0.2) is 17.4 Å². The van der Waals surface area contributed by atoms with Gasteiger partial charge in [-0.2, -0.15) is 10.4 Å². The third-order valence-corrected chi connectivity index (χ3v) is 7.75. The number of piperidine rings is 1. The van der Waals surface area contributed by atoms with Crippen LogP contribution in [0.4, 0.5) is 0 Å². The molecular weight excluding hydrogens is 462 g/mol. The average Bonchev–Trinajstić information content (AvgIpc) is 3.32. The molecule has 8 nitrogen and oxygen atoms in total. The Labute approximate surface area is 205 Å². The number of nitrogens with zero attached hydrogens (tertiary/aromatic N) is 5. The SMILES string of the molecule is CN(C)S(=O)(=O)c1cccc(-c2nn(-c3ccccc3)cc2/C=C(/C#N)C(=O)N2CCCCC2)c1. The van der Waals surface area contributed by atoms with E-state index in [9.17, 15) is 18.5 Å². The maximum atomic E-state index is 13.0. The summed E-state index contributed by atoms with van der Waals surface area (Å²) in [6.07, 6.45) is 6.23. The molecule has 0 saturated carbocycles. The Hall–Kier alpha value is -3.74. The largest absolute Gasteiger partial charge is 0.338 e. The van der Waals surface area contributed by atoms with Gasteiger partial charge in [0, 0.05) is 44.5 Å². The van der Waals surface area contributed by atoms with Gasteiger partial charge in [-0.3, -0.25) is 4.79 Å². The zero-order valence-corrected chi connectivity index (χ0v) is 20.6. The van der Waals surface area contributed by atoms with E-state index in [1.165, 1.54) is 20.2 Å². The molecule has 0 unspecified atom stereocenters. The minimum Gasteiger partial charge on any atom is -0.338 e. The van der Waals surface area contributed by atoms with E-state index in [0.29, 0.717) is 29.9 Å². The van der Waals surface area contributed by atoms with Crippen LogP contribution in [-0.2, 0) is 14.8 Å². The first-order valence-corrected chi connectivity index (χ1v) is 12.8. The van der Waals surface area contributed by atoms with Crippen LogP contribution in [0, 0.1) is 11.3 Å². The quantitative estimate of drug-likeness (QED) is 0.388. The summed E-state index contributed by atoms with van der Waals surface area (Å²) in [6.45, 7) is 1.27. The summed E-state index contributed by atoms with van der Waals surface area (Å²) in [6, 6.07) is 18.0. The van der Waals surface area contributed by atoms with Crippen molar-refractivity contribution in [1.82, 2.24) is 19.0 Å². The van der Waals surface area contributed by atoms with Crippen molar-refractivity contribution in [1.29, 1.82) is 5.26 Å². The lowest BCUT2D eigenvalue weighted by molar-refractivity contribution is -0.127. The van der Waals surface area contributed by atoms with E-state index in [0.717, 1.165) is 29.3 Å². The Morgan fingerprint density at radius 3 is 2.43 bits per heavy atom. The maximum absolute atomic E-state index is 13.0. The van der Waals surface area contributed by atoms with Crippen LogP contribution in [0.5, 0.6) is 0 Å². The summed E-state index contributed by atoms with van der Waals surface area (Å²) in [7, 11) is -0.695. The van der Waals surface area contributed by atoms with Gasteiger partial charge in [0.05, 0.1) is 10.6 Å². The zero-order valence-electron chi connectivity index (χ0n) is 19.8. The average molecular weight is 490 g/mol. The van der Waals surface area contributed by atoms with Gasteiger partial charge in [-0.1, -0.05) is 30.3 Å². The summed E-state index contributed by atoms with van der Waals surface area (Å²) >= 11 is 0. The number of rotatable bonds is 6. The molecule has 0 N–H and O–H groups in total. The summed E-state index contributed by atoms with van der Waals surface area (Å²) < 4.78 is 28.2. The number of para-hydroxylation sites is 1. The van der Waals surface area contributed by atoms with Crippen LogP contribution in [0.1, 0.15) is 24.8 Å². The van der Waals surface area contributed by atoms with Crippen molar-refractivity contribution in [2.24, 2.45) is 0 Å². The monoisotopic (exact) mass is 489 g/mol. The molecule has 0 spiro atoms. The molecule has 1 amide bonds. The molecule has 35 heavy (non-hydrogen) atoms. The maximum Gasteiger partial charge on any atom is 0.264 e. The molecule has 9 heteroatoms. The lowest BCUT2D eigenvalue weighted by Crippen LogP contribution is -2.36. The van der Waals surface area contributed by atoms with E-state index in [-0.39, 0.29) is 16.4 Å². The summed E-state index contributed by atoms with van der Waals surface area (Å²) in [5, 5.41) is 14.5. The fourth-order valence-corrected chi connectivity index (χ4v) is 4.96. The molecule has 3 aromatic rings. The summed E-state index contributed by atoms with van der Waals surface area (Å²) in [4.78, 5) is 14.9. The van der Waals surface area contributed by atoms with Crippen molar-refractivity contribution in [2.45, 2.75) is 24.2 Å². The van der Waals surface area contributed by atoms with E-state index < -0.39 is 10.0 Å². The molecule has 1 fully saturated rings. The van der Waals surface area contributed by atoms with Gasteiger partial charge in [0.25, 0.3) is 5.91 Å². The Morgan fingerprint density at radius 2 is 1.77 bits per heavy atom. The van der Waals surface area contributed by atoms with Gasteiger partial charge in [0.2, 0.25) is 10.0 Å². The fourth-order valence-electron chi connectivity index (χ4n) is 4.01. The second kappa shape index (κ2) is 10.3. The molecular formula is C26H27N5O3S. The number of aromatic nitrogens is 2. The van der Waals surface area contributed by atoms with E-state index in [4.69, 9.17) is 5.10 Å². The highest BCUT2D eigenvalue weighted by Gasteiger charge is 2.23. The number of carbonyl (C=O) groups excluding carboxylic acids is 1. The second-order valence-electron chi connectivity index (χ2n) is 8.55. The van der Waals surface area contributed by atoms with Gasteiger partial charge in [-0.05, 0) is 49.6 Å². The standard InChI is InChI=1S/C26H27N5O3S/c1-29(2)35(33,34)24-13-9-10-20(17-24)25-22(19-31(28-25)23-11-5-3-6-12-23)16-21(18-27)26(32)30-14-7-4-8-15-30/h3,5-6,9-13,16-17,19H,4,7-8,14-15H2,1-2H3/b21-16-. The third kappa shape index (κ3) is 5.19. The highest BCUT2D eigenvalue weighted by atomic mass is 32.2. The summed E-state index contributed by atoms with van der Waals surface area (Å²) in [5.74, 6) is -0.297. The first kappa shape index (κ1) is 24.4. The predicted molar refractivity (Wildman–Crippen MR) is 134 cm³/mol. The molecule has 0 atom stereocenters. The van der Waals surface area contributed by atoms with Crippen molar-refractivity contribution >= 4 is 22.0 Å². The van der Waals surface area contributed by atoms with Gasteiger partial charge in [-0.15, -0.1) is 0 Å². The molecule has 0 aliphatic carbocycles. The molecule has 1 aromatic heterocycles. The molecule has 180 valence electrons. The minimum absolute atomic E-state index is 0.0258. The number of carbonyl (C=O) groups is 1. The first-order chi connectivity index (χ1) is 16.8. The van der Waals surface area contributed by atoms with Gasteiger partial charge in [0.1, 0.15) is 17.3 Å². The number of hydrogen-bond donors (Lipinski definition) is 0. The van der Waals surface area contributed by atoms with E-state index in [1.807, 2.05) is 30.3 Å². The van der Waals surface area contributed by atoms with Crippen LogP contribution in [0.2, 0.25) is 0 Å². The predicted octanol–water partition coefficient (Wildman–Crippen LogP) is 3.71. The van der Waals surface area contributed by atoms with Crippen molar-refractivity contribution in [3.8, 4) is 23.0 Å². The number of likely N-dealkylation sites (tertiary alicyclic amines) is 1. The molecule has 0 radical (unpaired) electrons. The number of amides is 1. The third-order valence-electron chi connectivity index (χ3n) is 5.94. The number of hydrogen-bond acceptors (Lipinski definition) is 5. The smallest absolute Gasteiger partial charge is 0.264 e. The molecule has 2 heterocycles. The van der Waals surface area contributed by atoms with Crippen molar-refractivity contribution in [3.63, 3.8) is 0 Å². The Kier molecular flexibility index (Phi) is 7.15. The van der Waals surface area contributed by atoms with Crippen LogP contribution in [0.15, 0.2) is 71.3 Å². The number of benzene rings is 2. The van der Waals surface area contributed by atoms with Crippen LogP contribution >= 0.6 is 0 Å². The molecule has 1 aliphatic heterocycles.